The Morgan fingerprint density at radius 1 is 0.444 bits per heavy atom. The lowest BCUT2D eigenvalue weighted by atomic mass is 10.0. The standard InChI is InChI=1S/C56H104O7/c1-5-9-13-17-21-30-40-52(41-31-22-18-14-10-6-2)62-55(57)44-34-26-36-46-59-49-54(50-60-48-51-38-28-25-29-39-51)61-47-37-27-35-45-56(58)63-53(42-32-23-19-15-11-7-3)43-33-24-20-16-12-8-4/h28,38-39,52-54H,5-27,29-37,40-50H2,1-4H3. The van der Waals surface area contributed by atoms with E-state index in [2.05, 4.69) is 45.9 Å². The summed E-state index contributed by atoms with van der Waals surface area (Å²) in [4.78, 5) is 25.8. The average molecular weight is 889 g/mol. The second-order valence-corrected chi connectivity index (χ2v) is 18.9. The maximum absolute atomic E-state index is 12.9. The molecule has 0 spiro atoms. The molecule has 7 nitrogen and oxygen atoms in total. The largest absolute Gasteiger partial charge is 0.462 e. The Morgan fingerprint density at radius 3 is 1.27 bits per heavy atom. The minimum Gasteiger partial charge on any atom is -0.462 e. The number of carbonyl (C=O) groups excluding carboxylic acids is 2. The quantitative estimate of drug-likeness (QED) is 0.0445. The van der Waals surface area contributed by atoms with Gasteiger partial charge in [0.25, 0.3) is 0 Å². The summed E-state index contributed by atoms with van der Waals surface area (Å²) in [6, 6.07) is 0. The first-order valence-corrected chi connectivity index (χ1v) is 27.5. The van der Waals surface area contributed by atoms with E-state index in [1.165, 1.54) is 134 Å². The van der Waals surface area contributed by atoms with E-state index in [0.29, 0.717) is 45.9 Å². The topological polar surface area (TPSA) is 80.3 Å². The molecule has 1 aliphatic carbocycles. The Morgan fingerprint density at radius 2 is 0.841 bits per heavy atom. The number of rotatable bonds is 49. The molecule has 1 atom stereocenters. The number of hydrogen-bond acceptors (Lipinski definition) is 7. The van der Waals surface area contributed by atoms with E-state index in [4.69, 9.17) is 23.7 Å². The van der Waals surface area contributed by atoms with Crippen LogP contribution in [0.5, 0.6) is 0 Å². The van der Waals surface area contributed by atoms with Crippen LogP contribution in [0.25, 0.3) is 0 Å². The third-order valence-electron chi connectivity index (χ3n) is 12.6. The molecular weight excluding hydrogens is 785 g/mol. The maximum atomic E-state index is 12.9. The van der Waals surface area contributed by atoms with E-state index in [9.17, 15) is 9.59 Å². The monoisotopic (exact) mass is 889 g/mol. The molecular formula is C56H104O7. The van der Waals surface area contributed by atoms with Crippen LogP contribution >= 0.6 is 0 Å². The van der Waals surface area contributed by atoms with Gasteiger partial charge in [-0.05, 0) is 95.5 Å². The Kier molecular flexibility index (Phi) is 44.1. The molecule has 63 heavy (non-hydrogen) atoms. The lowest BCUT2D eigenvalue weighted by Crippen LogP contribution is -2.27. The van der Waals surface area contributed by atoms with Gasteiger partial charge in [-0.1, -0.05) is 187 Å². The number of esters is 2. The van der Waals surface area contributed by atoms with Crippen LogP contribution < -0.4 is 0 Å². The van der Waals surface area contributed by atoms with Crippen LogP contribution in [0.4, 0.5) is 0 Å². The second-order valence-electron chi connectivity index (χ2n) is 18.9. The molecule has 0 N–H and O–H groups in total. The van der Waals surface area contributed by atoms with Gasteiger partial charge < -0.3 is 23.7 Å². The van der Waals surface area contributed by atoms with Crippen molar-refractivity contribution in [3.63, 3.8) is 0 Å². The van der Waals surface area contributed by atoms with Crippen LogP contribution in [0, 0.1) is 0 Å². The van der Waals surface area contributed by atoms with Gasteiger partial charge in [-0.25, -0.2) is 0 Å². The third-order valence-corrected chi connectivity index (χ3v) is 12.6. The van der Waals surface area contributed by atoms with Gasteiger partial charge in [-0.2, -0.15) is 0 Å². The number of allylic oxidation sites excluding steroid dienone is 2. The van der Waals surface area contributed by atoms with Gasteiger partial charge in [0.15, 0.2) is 0 Å². The minimum atomic E-state index is -0.141. The van der Waals surface area contributed by atoms with Crippen molar-refractivity contribution in [3.05, 3.63) is 23.8 Å². The number of carbonyl (C=O) groups is 2. The Balaban J connectivity index is 2.42. The zero-order chi connectivity index (χ0) is 45.5. The highest BCUT2D eigenvalue weighted by Gasteiger charge is 2.17. The molecule has 0 heterocycles. The summed E-state index contributed by atoms with van der Waals surface area (Å²) >= 11 is 0. The van der Waals surface area contributed by atoms with Crippen LogP contribution in [-0.4, -0.2) is 63.3 Å². The number of ether oxygens (including phenoxy) is 5. The molecule has 0 fully saturated rings. The van der Waals surface area contributed by atoms with Crippen LogP contribution in [0.3, 0.4) is 0 Å². The van der Waals surface area contributed by atoms with Gasteiger partial charge in [0.05, 0.1) is 19.8 Å². The smallest absolute Gasteiger partial charge is 0.306 e. The van der Waals surface area contributed by atoms with E-state index < -0.39 is 0 Å². The summed E-state index contributed by atoms with van der Waals surface area (Å²) in [5, 5.41) is 0. The fourth-order valence-corrected chi connectivity index (χ4v) is 8.51. The first-order valence-electron chi connectivity index (χ1n) is 27.5. The van der Waals surface area contributed by atoms with Gasteiger partial charge in [0.2, 0.25) is 0 Å². The van der Waals surface area contributed by atoms with Gasteiger partial charge in [0.1, 0.15) is 18.3 Å². The van der Waals surface area contributed by atoms with E-state index in [1.807, 2.05) is 0 Å². The molecule has 0 bridgehead atoms. The van der Waals surface area contributed by atoms with Gasteiger partial charge in [-0.15, -0.1) is 0 Å². The van der Waals surface area contributed by atoms with Crippen molar-refractivity contribution in [3.8, 4) is 0 Å². The van der Waals surface area contributed by atoms with Crippen LogP contribution in [0.15, 0.2) is 23.8 Å². The fraction of sp³-hybridized carbons (Fsp3) is 0.893. The number of unbranched alkanes of at least 4 members (excludes halogenated alkanes) is 24. The fourth-order valence-electron chi connectivity index (χ4n) is 8.51. The molecule has 1 unspecified atom stereocenters. The first-order chi connectivity index (χ1) is 31.0. The van der Waals surface area contributed by atoms with E-state index in [0.717, 1.165) is 103 Å². The van der Waals surface area contributed by atoms with Crippen molar-refractivity contribution in [1.82, 2.24) is 0 Å². The third kappa shape index (κ3) is 40.3. The molecule has 0 aromatic carbocycles. The molecule has 0 radical (unpaired) electrons. The van der Waals surface area contributed by atoms with Crippen molar-refractivity contribution >= 4 is 11.9 Å². The van der Waals surface area contributed by atoms with Gasteiger partial charge in [-0.3, -0.25) is 9.59 Å². The number of hydrogen-bond donors (Lipinski definition) is 0. The molecule has 0 saturated carbocycles. The van der Waals surface area contributed by atoms with Crippen molar-refractivity contribution < 1.29 is 33.3 Å². The van der Waals surface area contributed by atoms with E-state index >= 15 is 0 Å². The summed E-state index contributed by atoms with van der Waals surface area (Å²) in [6.45, 7) is 11.9. The van der Waals surface area contributed by atoms with Crippen molar-refractivity contribution in [1.29, 1.82) is 0 Å². The normalized spacial score (nSPS) is 13.3. The summed E-state index contributed by atoms with van der Waals surface area (Å²) in [6.07, 6.45) is 49.6. The zero-order valence-electron chi connectivity index (χ0n) is 42.2. The lowest BCUT2D eigenvalue weighted by molar-refractivity contribution is -0.151. The summed E-state index contributed by atoms with van der Waals surface area (Å²) in [5.41, 5.74) is 1.23. The van der Waals surface area contributed by atoms with Crippen LogP contribution in [-0.2, 0) is 33.3 Å². The van der Waals surface area contributed by atoms with Crippen LogP contribution in [0.1, 0.15) is 272 Å². The SMILES string of the molecule is CCCCCCCCC(CCCCCCCC)OC(=O)CCCCCOCC(COCC1=CCCC=C1)OCCCCCC(=O)OC(CCCCCCCC)CCCCCCCC. The average Bonchev–Trinajstić information content (AvgIpc) is 3.28. The van der Waals surface area contributed by atoms with Crippen LogP contribution in [0.2, 0.25) is 0 Å². The molecule has 1 rings (SSSR count). The van der Waals surface area contributed by atoms with Gasteiger partial charge >= 0.3 is 11.9 Å². The Labute approximate surface area is 390 Å². The Bertz CT molecular complexity index is 1020. The van der Waals surface area contributed by atoms with E-state index in [-0.39, 0.29) is 30.3 Å². The summed E-state index contributed by atoms with van der Waals surface area (Å²) in [5.74, 6) is -0.0591. The summed E-state index contributed by atoms with van der Waals surface area (Å²) in [7, 11) is 0. The second kappa shape index (κ2) is 46.8. The Hall–Kier alpha value is -1.70. The molecule has 0 aromatic heterocycles. The summed E-state index contributed by atoms with van der Waals surface area (Å²) < 4.78 is 30.6. The van der Waals surface area contributed by atoms with Crippen molar-refractivity contribution in [2.45, 2.75) is 290 Å². The molecule has 1 aliphatic rings. The molecule has 0 amide bonds. The first kappa shape index (κ1) is 59.3. The molecule has 0 aromatic rings. The zero-order valence-corrected chi connectivity index (χ0v) is 42.2. The molecule has 370 valence electrons. The highest BCUT2D eigenvalue weighted by molar-refractivity contribution is 5.69. The predicted octanol–water partition coefficient (Wildman–Crippen LogP) is 16.6. The lowest BCUT2D eigenvalue weighted by Gasteiger charge is -2.19. The van der Waals surface area contributed by atoms with Gasteiger partial charge in [0, 0.05) is 26.1 Å². The highest BCUT2D eigenvalue weighted by atomic mass is 16.6. The minimum absolute atomic E-state index is 0.0282. The highest BCUT2D eigenvalue weighted by Crippen LogP contribution is 2.20. The molecule has 7 heteroatoms. The molecule has 0 aliphatic heterocycles. The van der Waals surface area contributed by atoms with Crippen molar-refractivity contribution in [2.75, 3.05) is 33.0 Å². The maximum Gasteiger partial charge on any atom is 0.306 e. The van der Waals surface area contributed by atoms with Crippen molar-refractivity contribution in [2.24, 2.45) is 0 Å². The van der Waals surface area contributed by atoms with E-state index in [1.54, 1.807) is 0 Å². The predicted molar refractivity (Wildman–Crippen MR) is 267 cm³/mol. The molecule has 0 saturated heterocycles.